The monoisotopic (exact) mass is 280 g/mol. The van der Waals surface area contributed by atoms with Gasteiger partial charge in [-0.25, -0.2) is 0 Å². The first-order chi connectivity index (χ1) is 9.56. The van der Waals surface area contributed by atoms with E-state index in [4.69, 9.17) is 5.11 Å². The number of carbonyl (C=O) groups is 1. The average Bonchev–Trinajstić information content (AvgIpc) is 2.86. The van der Waals surface area contributed by atoms with Crippen molar-refractivity contribution >= 4 is 5.97 Å². The van der Waals surface area contributed by atoms with Crippen LogP contribution < -0.4 is 0 Å². The van der Waals surface area contributed by atoms with Crippen molar-refractivity contribution in [1.29, 1.82) is 0 Å². The second-order valence-corrected chi connectivity index (χ2v) is 4.78. The standard InChI is InChI=1S/C13H16N2O5/c16-13(17)12-2-1-7-14(12)8-10-3-5-11(6-4-10)9-20-15(18)19/h3-6,12H,1-2,7-9H2,(H,16,17). The van der Waals surface area contributed by atoms with E-state index in [1.165, 1.54) is 0 Å². The van der Waals surface area contributed by atoms with Gasteiger partial charge in [0.2, 0.25) is 0 Å². The highest BCUT2D eigenvalue weighted by molar-refractivity contribution is 5.73. The second-order valence-electron chi connectivity index (χ2n) is 4.78. The lowest BCUT2D eigenvalue weighted by atomic mass is 10.1. The van der Waals surface area contributed by atoms with Gasteiger partial charge in [0.25, 0.3) is 5.09 Å². The number of benzene rings is 1. The zero-order chi connectivity index (χ0) is 14.5. The van der Waals surface area contributed by atoms with E-state index in [0.29, 0.717) is 18.5 Å². The minimum Gasteiger partial charge on any atom is -0.480 e. The third-order valence-corrected chi connectivity index (χ3v) is 3.39. The quantitative estimate of drug-likeness (QED) is 0.626. The molecule has 1 aliphatic rings. The predicted molar refractivity (Wildman–Crippen MR) is 69.3 cm³/mol. The van der Waals surface area contributed by atoms with Gasteiger partial charge in [0, 0.05) is 6.54 Å². The molecule has 2 rings (SSSR count). The Hall–Kier alpha value is -2.15. The van der Waals surface area contributed by atoms with Crippen molar-refractivity contribution in [2.45, 2.75) is 32.0 Å². The van der Waals surface area contributed by atoms with Gasteiger partial charge < -0.3 is 9.94 Å². The molecule has 108 valence electrons. The van der Waals surface area contributed by atoms with Crippen LogP contribution in [-0.2, 0) is 22.8 Å². The van der Waals surface area contributed by atoms with Crippen molar-refractivity contribution in [1.82, 2.24) is 4.90 Å². The maximum atomic E-state index is 11.1. The normalized spacial score (nSPS) is 18.9. The Morgan fingerprint density at radius 3 is 2.65 bits per heavy atom. The van der Waals surface area contributed by atoms with E-state index in [2.05, 4.69) is 4.84 Å². The number of carboxylic acids is 1. The topological polar surface area (TPSA) is 92.9 Å². The van der Waals surface area contributed by atoms with Gasteiger partial charge >= 0.3 is 5.97 Å². The molecule has 1 aliphatic heterocycles. The highest BCUT2D eigenvalue weighted by Gasteiger charge is 2.30. The largest absolute Gasteiger partial charge is 0.480 e. The summed E-state index contributed by atoms with van der Waals surface area (Å²) < 4.78 is 0. The molecule has 0 aromatic heterocycles. The molecule has 7 nitrogen and oxygen atoms in total. The molecule has 1 heterocycles. The van der Waals surface area contributed by atoms with Crippen molar-refractivity contribution < 1.29 is 19.8 Å². The van der Waals surface area contributed by atoms with E-state index in [1.807, 2.05) is 17.0 Å². The molecule has 0 aliphatic carbocycles. The molecule has 0 bridgehead atoms. The molecular formula is C13H16N2O5. The Labute approximate surface area is 115 Å². The number of rotatable bonds is 6. The molecule has 1 unspecified atom stereocenters. The van der Waals surface area contributed by atoms with E-state index in [9.17, 15) is 14.9 Å². The molecule has 0 saturated carbocycles. The van der Waals surface area contributed by atoms with Gasteiger partial charge in [-0.2, -0.15) is 0 Å². The van der Waals surface area contributed by atoms with Crippen LogP contribution in [0.4, 0.5) is 0 Å². The zero-order valence-electron chi connectivity index (χ0n) is 10.9. The average molecular weight is 280 g/mol. The summed E-state index contributed by atoms with van der Waals surface area (Å²) in [5, 5.41) is 18.4. The SMILES string of the molecule is O=C(O)C1CCCN1Cc1ccc(CO[N+](=O)[O-])cc1. The maximum absolute atomic E-state index is 11.1. The third kappa shape index (κ3) is 3.67. The predicted octanol–water partition coefficient (Wildman–Crippen LogP) is 1.44. The lowest BCUT2D eigenvalue weighted by Gasteiger charge is -2.21. The Morgan fingerprint density at radius 2 is 2.05 bits per heavy atom. The van der Waals surface area contributed by atoms with Crippen LogP contribution in [0.1, 0.15) is 24.0 Å². The van der Waals surface area contributed by atoms with Crippen molar-refractivity contribution in [2.24, 2.45) is 0 Å². The van der Waals surface area contributed by atoms with Crippen LogP contribution >= 0.6 is 0 Å². The first-order valence-corrected chi connectivity index (χ1v) is 6.38. The van der Waals surface area contributed by atoms with Gasteiger partial charge in [0.15, 0.2) is 0 Å². The third-order valence-electron chi connectivity index (χ3n) is 3.39. The van der Waals surface area contributed by atoms with E-state index in [0.717, 1.165) is 18.5 Å². The molecule has 20 heavy (non-hydrogen) atoms. The minimum atomic E-state index is -0.824. The Morgan fingerprint density at radius 1 is 1.40 bits per heavy atom. The van der Waals surface area contributed by atoms with Crippen LogP contribution in [-0.4, -0.2) is 33.6 Å². The molecule has 1 saturated heterocycles. The molecule has 0 amide bonds. The number of aliphatic carboxylic acids is 1. The summed E-state index contributed by atoms with van der Waals surface area (Å²) in [6, 6.07) is 6.79. The first kappa shape index (κ1) is 14.3. The molecule has 1 fully saturated rings. The Bertz CT molecular complexity index is 488. The summed E-state index contributed by atoms with van der Waals surface area (Å²) in [4.78, 5) is 27.4. The van der Waals surface area contributed by atoms with Crippen LogP contribution in [0, 0.1) is 10.1 Å². The van der Waals surface area contributed by atoms with Crippen LogP contribution in [0.3, 0.4) is 0 Å². The number of nitrogens with zero attached hydrogens (tertiary/aromatic N) is 2. The van der Waals surface area contributed by atoms with Crippen LogP contribution in [0.5, 0.6) is 0 Å². The van der Waals surface area contributed by atoms with Gasteiger partial charge in [-0.3, -0.25) is 9.69 Å². The second kappa shape index (κ2) is 6.33. The summed E-state index contributed by atoms with van der Waals surface area (Å²) in [6.07, 6.45) is 1.58. The number of likely N-dealkylation sites (tertiary alicyclic amines) is 1. The highest BCUT2D eigenvalue weighted by atomic mass is 16.9. The minimum absolute atomic E-state index is 0.0747. The maximum Gasteiger partial charge on any atom is 0.320 e. The highest BCUT2D eigenvalue weighted by Crippen LogP contribution is 2.20. The van der Waals surface area contributed by atoms with Gasteiger partial charge in [-0.1, -0.05) is 24.3 Å². The molecule has 1 N–H and O–H groups in total. The molecule has 1 aromatic carbocycles. The molecular weight excluding hydrogens is 264 g/mol. The summed E-state index contributed by atoms with van der Waals surface area (Å²) in [7, 11) is 0. The summed E-state index contributed by atoms with van der Waals surface area (Å²) in [6.45, 7) is 1.28. The summed E-state index contributed by atoms with van der Waals surface area (Å²) in [5.41, 5.74) is 1.70. The Kier molecular flexibility index (Phi) is 4.52. The lowest BCUT2D eigenvalue weighted by molar-refractivity contribution is -0.763. The van der Waals surface area contributed by atoms with Gasteiger partial charge in [0.05, 0.1) is 0 Å². The molecule has 0 spiro atoms. The van der Waals surface area contributed by atoms with E-state index in [-0.39, 0.29) is 6.61 Å². The van der Waals surface area contributed by atoms with Crippen molar-refractivity contribution in [3.8, 4) is 0 Å². The fourth-order valence-corrected chi connectivity index (χ4v) is 2.40. The van der Waals surface area contributed by atoms with Crippen LogP contribution in [0.25, 0.3) is 0 Å². The zero-order valence-corrected chi connectivity index (χ0v) is 10.9. The number of hydrogen-bond donors (Lipinski definition) is 1. The molecule has 1 atom stereocenters. The lowest BCUT2D eigenvalue weighted by Crippen LogP contribution is -2.35. The van der Waals surface area contributed by atoms with E-state index >= 15 is 0 Å². The first-order valence-electron chi connectivity index (χ1n) is 6.38. The molecule has 7 heteroatoms. The van der Waals surface area contributed by atoms with Gasteiger partial charge in [-0.05, 0) is 30.5 Å². The van der Waals surface area contributed by atoms with E-state index < -0.39 is 17.1 Å². The van der Waals surface area contributed by atoms with Crippen LogP contribution in [0.15, 0.2) is 24.3 Å². The van der Waals surface area contributed by atoms with E-state index in [1.54, 1.807) is 12.1 Å². The van der Waals surface area contributed by atoms with Gasteiger partial charge in [-0.15, -0.1) is 10.1 Å². The fraction of sp³-hybridized carbons (Fsp3) is 0.462. The van der Waals surface area contributed by atoms with Crippen molar-refractivity contribution in [2.75, 3.05) is 6.54 Å². The molecule has 0 radical (unpaired) electrons. The number of hydrogen-bond acceptors (Lipinski definition) is 5. The van der Waals surface area contributed by atoms with Gasteiger partial charge in [0.1, 0.15) is 12.6 Å². The fourth-order valence-electron chi connectivity index (χ4n) is 2.40. The Balaban J connectivity index is 1.93. The van der Waals surface area contributed by atoms with Crippen molar-refractivity contribution in [3.63, 3.8) is 0 Å². The van der Waals surface area contributed by atoms with Crippen molar-refractivity contribution in [3.05, 3.63) is 45.5 Å². The summed E-state index contributed by atoms with van der Waals surface area (Å²) in [5.74, 6) is -0.779. The smallest absolute Gasteiger partial charge is 0.320 e. The number of carboxylic acid groups (broad SMARTS) is 1. The van der Waals surface area contributed by atoms with Crippen LogP contribution in [0.2, 0.25) is 0 Å². The summed E-state index contributed by atoms with van der Waals surface area (Å²) >= 11 is 0. The molecule has 1 aromatic rings.